The molecule has 3 unspecified atom stereocenters. The molecule has 8 nitrogen and oxygen atoms in total. The van der Waals surface area contributed by atoms with Gasteiger partial charge in [0.1, 0.15) is 13.2 Å². The first-order valence-corrected chi connectivity index (χ1v) is 30.9. The van der Waals surface area contributed by atoms with Crippen LogP contribution in [0.5, 0.6) is 0 Å². The van der Waals surface area contributed by atoms with Crippen molar-refractivity contribution in [3.63, 3.8) is 0 Å². The summed E-state index contributed by atoms with van der Waals surface area (Å²) >= 11 is 0. The van der Waals surface area contributed by atoms with E-state index >= 15 is 0 Å². The molecule has 0 aromatic heterocycles. The van der Waals surface area contributed by atoms with Crippen molar-refractivity contribution in [3.05, 3.63) is 122 Å². The Morgan fingerprint density at radius 1 is 0.479 bits per heavy atom. The van der Waals surface area contributed by atoms with Crippen molar-refractivity contribution in [2.45, 2.75) is 238 Å². The third kappa shape index (κ3) is 56.5. The number of allylic oxidation sites excluding steroid dienone is 20. The van der Waals surface area contributed by atoms with Crippen molar-refractivity contribution in [2.75, 3.05) is 40.9 Å². The molecule has 0 aromatic rings. The number of unbranched alkanes of at least 4 members (excludes halogenated alkanes) is 19. The normalized spacial score (nSPS) is 14.8. The maximum atomic E-state index is 13.0. The van der Waals surface area contributed by atoms with Crippen LogP contribution in [0.4, 0.5) is 0 Å². The number of phosphoric acid groups is 1. The van der Waals surface area contributed by atoms with E-state index in [2.05, 4.69) is 141 Å². The van der Waals surface area contributed by atoms with Gasteiger partial charge in [0.15, 0.2) is 0 Å². The van der Waals surface area contributed by atoms with Crippen molar-refractivity contribution in [3.8, 4) is 0 Å². The quantitative estimate of drug-likeness (QED) is 0.0243. The second-order valence-electron chi connectivity index (χ2n) is 20.6. The molecule has 0 fully saturated rings. The van der Waals surface area contributed by atoms with Crippen LogP contribution < -0.4 is 5.32 Å². The first kappa shape index (κ1) is 69.9. The molecule has 3 atom stereocenters. The molecule has 0 aliphatic carbocycles. The zero-order chi connectivity index (χ0) is 53.5. The number of carbonyl (C=O) groups is 1. The number of carbonyl (C=O) groups excluding carboxylic acids is 1. The Morgan fingerprint density at radius 3 is 1.21 bits per heavy atom. The molecule has 0 radical (unpaired) electrons. The smallest absolute Gasteiger partial charge is 0.391 e. The maximum Gasteiger partial charge on any atom is 0.472 e. The van der Waals surface area contributed by atoms with Crippen LogP contribution in [0.15, 0.2) is 122 Å². The fraction of sp³-hybridized carbons (Fsp3) is 0.672. The summed E-state index contributed by atoms with van der Waals surface area (Å²) in [6.07, 6.45) is 79.7. The van der Waals surface area contributed by atoms with Gasteiger partial charge in [-0.05, 0) is 89.9 Å². The lowest BCUT2D eigenvalue weighted by Crippen LogP contribution is -2.46. The van der Waals surface area contributed by atoms with Gasteiger partial charge in [0.05, 0.1) is 39.9 Å². The topological polar surface area (TPSA) is 105 Å². The van der Waals surface area contributed by atoms with Gasteiger partial charge in [0.25, 0.3) is 0 Å². The Bertz CT molecular complexity index is 1600. The monoisotopic (exact) mass is 1040 g/mol. The highest BCUT2D eigenvalue weighted by atomic mass is 31.2. The fourth-order valence-electron chi connectivity index (χ4n) is 7.90. The number of amides is 1. The van der Waals surface area contributed by atoms with Crippen LogP contribution in [0.25, 0.3) is 0 Å². The SMILES string of the molecule is CC/C=C\C/C=C\C/C=C\C/C=C\C/C=C\C/C=C\C/C=C\C/C=C\C/C=C\C/C=C\CCCCCCCCC(=O)NC(COP(=O)(O)OCC[N+](C)(C)C)C(O)CCCCCCCCCCCCCCCC. The van der Waals surface area contributed by atoms with Crippen molar-refractivity contribution in [2.24, 2.45) is 0 Å². The number of hydrogen-bond acceptors (Lipinski definition) is 5. The second-order valence-corrected chi connectivity index (χ2v) is 22.1. The van der Waals surface area contributed by atoms with Crippen molar-refractivity contribution in [1.82, 2.24) is 5.32 Å². The van der Waals surface area contributed by atoms with E-state index in [0.717, 1.165) is 116 Å². The van der Waals surface area contributed by atoms with Crippen molar-refractivity contribution < 1.29 is 32.9 Å². The molecule has 0 saturated carbocycles. The van der Waals surface area contributed by atoms with E-state index in [0.29, 0.717) is 23.9 Å². The predicted molar refractivity (Wildman–Crippen MR) is 318 cm³/mol. The summed E-state index contributed by atoms with van der Waals surface area (Å²) in [4.78, 5) is 23.3. The summed E-state index contributed by atoms with van der Waals surface area (Å²) in [6, 6.07) is -0.777. The summed E-state index contributed by atoms with van der Waals surface area (Å²) in [5, 5.41) is 14.0. The third-order valence-electron chi connectivity index (χ3n) is 12.5. The zero-order valence-corrected chi connectivity index (χ0v) is 48.5. The lowest BCUT2D eigenvalue weighted by molar-refractivity contribution is -0.870. The molecule has 0 aliphatic heterocycles. The molecule has 418 valence electrons. The van der Waals surface area contributed by atoms with Gasteiger partial charge in [0, 0.05) is 6.42 Å². The highest BCUT2D eigenvalue weighted by Crippen LogP contribution is 2.43. The summed E-state index contributed by atoms with van der Waals surface area (Å²) in [6.45, 7) is 4.75. The van der Waals surface area contributed by atoms with Crippen molar-refractivity contribution >= 4 is 13.7 Å². The molecule has 0 saturated heterocycles. The maximum absolute atomic E-state index is 13.0. The number of aliphatic hydroxyl groups is 1. The van der Waals surface area contributed by atoms with Gasteiger partial charge in [-0.1, -0.05) is 251 Å². The minimum absolute atomic E-state index is 0.0655. The van der Waals surface area contributed by atoms with Crippen LogP contribution in [0, 0.1) is 0 Å². The lowest BCUT2D eigenvalue weighted by Gasteiger charge is -2.26. The molecule has 0 aliphatic rings. The largest absolute Gasteiger partial charge is 0.472 e. The van der Waals surface area contributed by atoms with E-state index in [1.54, 1.807) is 0 Å². The van der Waals surface area contributed by atoms with Gasteiger partial charge < -0.3 is 19.8 Å². The first-order chi connectivity index (χ1) is 35.5. The zero-order valence-electron chi connectivity index (χ0n) is 47.6. The number of rotatable bonds is 52. The van der Waals surface area contributed by atoms with Crippen LogP contribution in [0.2, 0.25) is 0 Å². The Labute approximate surface area is 450 Å². The first-order valence-electron chi connectivity index (χ1n) is 29.4. The summed E-state index contributed by atoms with van der Waals surface area (Å²) in [7, 11) is 1.59. The van der Waals surface area contributed by atoms with E-state index < -0.39 is 20.0 Å². The van der Waals surface area contributed by atoms with Crippen molar-refractivity contribution in [1.29, 1.82) is 0 Å². The number of aliphatic hydroxyl groups excluding tert-OH is 1. The molecule has 0 rings (SSSR count). The number of likely N-dealkylation sites (N-methyl/N-ethyl adjacent to an activating group) is 1. The third-order valence-corrected chi connectivity index (χ3v) is 13.5. The molecule has 1 amide bonds. The average Bonchev–Trinajstić information content (AvgIpc) is 3.35. The summed E-state index contributed by atoms with van der Waals surface area (Å²) < 4.78 is 23.7. The number of phosphoric ester groups is 1. The average molecular weight is 1040 g/mol. The van der Waals surface area contributed by atoms with Gasteiger partial charge in [-0.3, -0.25) is 13.8 Å². The number of nitrogens with one attached hydrogen (secondary N) is 1. The molecule has 9 heteroatoms. The number of nitrogens with zero attached hydrogens (tertiary/aromatic N) is 1. The highest BCUT2D eigenvalue weighted by Gasteiger charge is 2.28. The number of quaternary nitrogens is 1. The second kappa shape index (κ2) is 53.7. The molecule has 73 heavy (non-hydrogen) atoms. The van der Waals surface area contributed by atoms with E-state index in [1.807, 2.05) is 21.1 Å². The Kier molecular flexibility index (Phi) is 51.4. The van der Waals surface area contributed by atoms with E-state index in [4.69, 9.17) is 9.05 Å². The van der Waals surface area contributed by atoms with Gasteiger partial charge in [-0.25, -0.2) is 4.57 Å². The van der Waals surface area contributed by atoms with Gasteiger partial charge in [-0.15, -0.1) is 0 Å². The Morgan fingerprint density at radius 2 is 0.822 bits per heavy atom. The van der Waals surface area contributed by atoms with Gasteiger partial charge >= 0.3 is 7.82 Å². The molecule has 0 bridgehead atoms. The fourth-order valence-corrected chi connectivity index (χ4v) is 8.63. The molecular weight excluding hydrogens is 924 g/mol. The minimum Gasteiger partial charge on any atom is -0.391 e. The molecule has 0 spiro atoms. The lowest BCUT2D eigenvalue weighted by atomic mass is 10.0. The van der Waals surface area contributed by atoms with E-state index in [9.17, 15) is 19.4 Å². The highest BCUT2D eigenvalue weighted by molar-refractivity contribution is 7.47. The molecule has 3 N–H and O–H groups in total. The van der Waals surface area contributed by atoms with Crippen LogP contribution in [0.3, 0.4) is 0 Å². The molecule has 0 heterocycles. The Hall–Kier alpha value is -3.10. The molecule has 0 aromatic carbocycles. The van der Waals surface area contributed by atoms with Crippen LogP contribution in [-0.4, -0.2) is 73.4 Å². The molecular formula is C64H112N2O6P+. The Balaban J connectivity index is 4.17. The predicted octanol–water partition coefficient (Wildman–Crippen LogP) is 18.1. The number of hydrogen-bond donors (Lipinski definition) is 3. The summed E-state index contributed by atoms with van der Waals surface area (Å²) in [5.74, 6) is -0.164. The minimum atomic E-state index is -4.33. The van der Waals surface area contributed by atoms with Gasteiger partial charge in [0.2, 0.25) is 5.91 Å². The van der Waals surface area contributed by atoms with Crippen LogP contribution in [-0.2, 0) is 18.4 Å². The van der Waals surface area contributed by atoms with Crippen LogP contribution >= 0.6 is 7.82 Å². The van der Waals surface area contributed by atoms with Crippen LogP contribution in [0.1, 0.15) is 226 Å². The van der Waals surface area contributed by atoms with Gasteiger partial charge in [-0.2, -0.15) is 0 Å². The summed E-state index contributed by atoms with van der Waals surface area (Å²) in [5.41, 5.74) is 0. The van der Waals surface area contributed by atoms with E-state index in [1.165, 1.54) is 83.5 Å². The van der Waals surface area contributed by atoms with E-state index in [-0.39, 0.29) is 19.1 Å². The standard InChI is InChI=1S/C64H111N2O6P/c1-6-8-10-12-14-16-18-20-22-23-24-25-26-27-28-29-30-31-32-33-34-35-36-37-38-39-40-41-42-43-44-46-48-50-52-54-56-58-64(68)65-62(61-72-73(69,70)71-60-59-66(3,4)5)63(67)57-55-53-51-49-47-45-21-19-17-15-13-11-9-7-2/h8,10,14,16,20,22,24-25,27-28,30-31,33-34,36-37,39-40,42-43,62-63,67H,6-7,9,11-13,15,17-19,21,23,26,29,32,35,38,41,44-61H2,1-5H3,(H-,65,68,69,70)/p+1/b10-8-,16-14-,22-20-,25-24-,28-27-,31-30-,34-33-,37-36-,40-39-,43-42-.